The Morgan fingerprint density at radius 3 is 2.49 bits per heavy atom. The Bertz CT molecular complexity index is 995. The molecule has 2 rings (SSSR count). The summed E-state index contributed by atoms with van der Waals surface area (Å²) in [7, 11) is 0. The van der Waals surface area contributed by atoms with Gasteiger partial charge >= 0.3 is 5.97 Å². The molecule has 0 aliphatic carbocycles. The van der Waals surface area contributed by atoms with E-state index < -0.39 is 5.92 Å². The van der Waals surface area contributed by atoms with Crippen molar-refractivity contribution >= 4 is 35.1 Å². The normalized spacial score (nSPS) is 12.4. The SMILES string of the molecule is CCCCC(CC)COC(=O)CCSc1ccc(OCc2ccccc2)cc1NC(=O)C(C)CC(C)=O. The van der Waals surface area contributed by atoms with E-state index in [0.29, 0.717) is 36.3 Å². The van der Waals surface area contributed by atoms with E-state index in [0.717, 1.165) is 36.1 Å². The molecule has 0 bridgehead atoms. The molecule has 0 aromatic heterocycles. The number of carbonyl (C=O) groups is 3. The van der Waals surface area contributed by atoms with Gasteiger partial charge in [0.2, 0.25) is 5.91 Å². The minimum atomic E-state index is -0.446. The summed E-state index contributed by atoms with van der Waals surface area (Å²) in [5, 5.41) is 2.95. The van der Waals surface area contributed by atoms with Gasteiger partial charge in [0.05, 0.1) is 18.7 Å². The lowest BCUT2D eigenvalue weighted by molar-refractivity contribution is -0.144. The molecule has 2 aromatic rings. The van der Waals surface area contributed by atoms with Crippen molar-refractivity contribution in [3.8, 4) is 5.75 Å². The minimum Gasteiger partial charge on any atom is -0.489 e. The van der Waals surface area contributed by atoms with Gasteiger partial charge in [0.1, 0.15) is 18.1 Å². The van der Waals surface area contributed by atoms with Crippen LogP contribution >= 0.6 is 11.8 Å². The standard InChI is InChI=1S/C30H41NO5S/c1-5-7-11-24(6-2)20-36-29(33)16-17-37-28-15-14-26(35-21-25-12-9-8-10-13-25)19-27(28)31-30(34)22(3)18-23(4)32/h8-10,12-15,19,22,24H,5-7,11,16-18,20-21H2,1-4H3,(H,31,34). The summed E-state index contributed by atoms with van der Waals surface area (Å²) in [5.74, 6) is 0.661. The number of ketones is 1. The molecule has 0 radical (unpaired) electrons. The third kappa shape index (κ3) is 11.9. The lowest BCUT2D eigenvalue weighted by Gasteiger charge is -2.16. The molecule has 0 fully saturated rings. The van der Waals surface area contributed by atoms with Gasteiger partial charge < -0.3 is 19.6 Å². The Hall–Kier alpha value is -2.80. The summed E-state index contributed by atoms with van der Waals surface area (Å²) >= 11 is 1.48. The summed E-state index contributed by atoms with van der Waals surface area (Å²) < 4.78 is 11.5. The fraction of sp³-hybridized carbons (Fsp3) is 0.500. The van der Waals surface area contributed by atoms with Crippen LogP contribution in [0.2, 0.25) is 0 Å². The van der Waals surface area contributed by atoms with E-state index >= 15 is 0 Å². The largest absolute Gasteiger partial charge is 0.489 e. The first kappa shape index (κ1) is 30.4. The molecular weight excluding hydrogens is 486 g/mol. The first-order chi connectivity index (χ1) is 17.8. The van der Waals surface area contributed by atoms with Crippen molar-refractivity contribution in [3.63, 3.8) is 0 Å². The Morgan fingerprint density at radius 2 is 1.81 bits per heavy atom. The lowest BCUT2D eigenvalue weighted by atomic mass is 10.0. The van der Waals surface area contributed by atoms with Gasteiger partial charge in [-0.3, -0.25) is 9.59 Å². The summed E-state index contributed by atoms with van der Waals surface area (Å²) in [5.41, 5.74) is 1.65. The zero-order valence-corrected chi connectivity index (χ0v) is 23.4. The average Bonchev–Trinajstić information content (AvgIpc) is 2.88. The van der Waals surface area contributed by atoms with E-state index in [1.807, 2.05) is 42.5 Å². The lowest BCUT2D eigenvalue weighted by Crippen LogP contribution is -2.22. The number of carbonyl (C=O) groups excluding carboxylic acids is 3. The Kier molecular flexibility index (Phi) is 13.9. The molecule has 0 saturated heterocycles. The van der Waals surface area contributed by atoms with Gasteiger partial charge in [0.25, 0.3) is 0 Å². The van der Waals surface area contributed by atoms with Crippen LogP contribution in [-0.2, 0) is 25.7 Å². The Balaban J connectivity index is 2.00. The van der Waals surface area contributed by atoms with Crippen molar-refractivity contribution in [3.05, 3.63) is 54.1 Å². The molecule has 6 nitrogen and oxygen atoms in total. The molecule has 37 heavy (non-hydrogen) atoms. The van der Waals surface area contributed by atoms with E-state index in [2.05, 4.69) is 19.2 Å². The van der Waals surface area contributed by atoms with Crippen LogP contribution < -0.4 is 10.1 Å². The number of nitrogens with one attached hydrogen (secondary N) is 1. The van der Waals surface area contributed by atoms with Crippen molar-refractivity contribution in [2.24, 2.45) is 11.8 Å². The van der Waals surface area contributed by atoms with Gasteiger partial charge in [-0.1, -0.05) is 70.4 Å². The first-order valence-corrected chi connectivity index (χ1v) is 14.2. The number of anilines is 1. The van der Waals surface area contributed by atoms with Crippen LogP contribution in [0.4, 0.5) is 5.69 Å². The molecule has 2 atom stereocenters. The third-order valence-corrected chi connectivity index (χ3v) is 7.16. The van der Waals surface area contributed by atoms with Crippen LogP contribution in [0.3, 0.4) is 0 Å². The van der Waals surface area contributed by atoms with E-state index in [9.17, 15) is 14.4 Å². The zero-order valence-electron chi connectivity index (χ0n) is 22.6. The number of Topliss-reactive ketones (excluding diaryl/α,β-unsaturated/α-hetero) is 1. The van der Waals surface area contributed by atoms with Crippen molar-refractivity contribution in [1.29, 1.82) is 0 Å². The fourth-order valence-electron chi connectivity index (χ4n) is 3.77. The highest BCUT2D eigenvalue weighted by Gasteiger charge is 2.18. The second kappa shape index (κ2) is 16.8. The van der Waals surface area contributed by atoms with E-state index in [1.165, 1.54) is 18.7 Å². The highest BCUT2D eigenvalue weighted by molar-refractivity contribution is 7.99. The second-order valence-corrected chi connectivity index (χ2v) is 10.6. The fourth-order valence-corrected chi connectivity index (χ4v) is 4.69. The minimum absolute atomic E-state index is 0.0317. The van der Waals surface area contributed by atoms with Crippen LogP contribution in [-0.4, -0.2) is 30.0 Å². The summed E-state index contributed by atoms with van der Waals surface area (Å²) in [6, 6.07) is 15.4. The topological polar surface area (TPSA) is 81.7 Å². The van der Waals surface area contributed by atoms with Gasteiger partial charge in [-0.25, -0.2) is 0 Å². The van der Waals surface area contributed by atoms with Crippen LogP contribution in [0.1, 0.15) is 71.8 Å². The van der Waals surface area contributed by atoms with Gasteiger partial charge in [-0.05, 0) is 37.0 Å². The van der Waals surface area contributed by atoms with Crippen LogP contribution in [0.25, 0.3) is 0 Å². The van der Waals surface area contributed by atoms with Crippen LogP contribution in [0.15, 0.2) is 53.4 Å². The second-order valence-electron chi connectivity index (χ2n) is 9.43. The van der Waals surface area contributed by atoms with Crippen LogP contribution in [0.5, 0.6) is 5.75 Å². The smallest absolute Gasteiger partial charge is 0.306 e. The number of esters is 1. The Labute approximate surface area is 225 Å². The molecule has 7 heteroatoms. The van der Waals surface area contributed by atoms with Crippen LogP contribution in [0, 0.1) is 11.8 Å². The number of benzene rings is 2. The number of hydrogen-bond donors (Lipinski definition) is 1. The van der Waals surface area contributed by atoms with Crippen molar-refractivity contribution in [2.45, 2.75) is 77.7 Å². The van der Waals surface area contributed by atoms with E-state index in [-0.39, 0.29) is 30.5 Å². The number of rotatable bonds is 17. The van der Waals surface area contributed by atoms with Gasteiger partial charge in [0, 0.05) is 29.1 Å². The number of hydrogen-bond acceptors (Lipinski definition) is 6. The first-order valence-electron chi connectivity index (χ1n) is 13.2. The molecule has 0 saturated carbocycles. The molecule has 0 spiro atoms. The van der Waals surface area contributed by atoms with Crippen molar-refractivity contribution in [2.75, 3.05) is 17.7 Å². The van der Waals surface area contributed by atoms with E-state index in [4.69, 9.17) is 9.47 Å². The average molecular weight is 528 g/mol. The molecule has 0 heterocycles. The van der Waals surface area contributed by atoms with Gasteiger partial charge in [-0.2, -0.15) is 0 Å². The molecular formula is C30H41NO5S. The molecule has 1 N–H and O–H groups in total. The van der Waals surface area contributed by atoms with Gasteiger partial charge in [0.15, 0.2) is 0 Å². The van der Waals surface area contributed by atoms with Crippen molar-refractivity contribution < 1.29 is 23.9 Å². The number of thioether (sulfide) groups is 1. The maximum absolute atomic E-state index is 12.7. The monoisotopic (exact) mass is 527 g/mol. The summed E-state index contributed by atoms with van der Waals surface area (Å²) in [6.07, 6.45) is 4.85. The zero-order chi connectivity index (χ0) is 27.0. The van der Waals surface area contributed by atoms with Crippen molar-refractivity contribution in [1.82, 2.24) is 0 Å². The summed E-state index contributed by atoms with van der Waals surface area (Å²) in [6.45, 7) is 8.39. The van der Waals surface area contributed by atoms with Gasteiger partial charge in [-0.15, -0.1) is 11.8 Å². The Morgan fingerprint density at radius 1 is 1.05 bits per heavy atom. The molecule has 2 unspecified atom stereocenters. The molecule has 0 aliphatic heterocycles. The summed E-state index contributed by atoms with van der Waals surface area (Å²) in [4.78, 5) is 37.3. The number of unbranched alkanes of at least 4 members (excludes halogenated alkanes) is 1. The molecule has 202 valence electrons. The maximum Gasteiger partial charge on any atom is 0.306 e. The molecule has 1 amide bonds. The third-order valence-electron chi connectivity index (χ3n) is 6.09. The maximum atomic E-state index is 12.7. The quantitative estimate of drug-likeness (QED) is 0.175. The van der Waals surface area contributed by atoms with E-state index in [1.54, 1.807) is 13.0 Å². The highest BCUT2D eigenvalue weighted by Crippen LogP contribution is 2.32. The predicted octanol–water partition coefficient (Wildman–Crippen LogP) is 7.06. The number of ether oxygens (including phenoxy) is 2. The molecule has 2 aromatic carbocycles. The number of amides is 1. The predicted molar refractivity (Wildman–Crippen MR) is 150 cm³/mol. The highest BCUT2D eigenvalue weighted by atomic mass is 32.2. The molecule has 0 aliphatic rings.